The molecule has 2 N–H and O–H groups in total. The molecule has 3 nitrogen and oxygen atoms in total. The standard InChI is InChI=1S/C18H35N3/c1-18(2,3)15-5-4-14(13-19)17(12-15)21-10-8-20(9-11-21)16-6-7-16/h14-17H,4-13,19H2,1-3H3. The van der Waals surface area contributed by atoms with Gasteiger partial charge in [0.1, 0.15) is 0 Å². The topological polar surface area (TPSA) is 32.5 Å². The highest BCUT2D eigenvalue weighted by Gasteiger charge is 2.40. The highest BCUT2D eigenvalue weighted by atomic mass is 15.3. The zero-order valence-corrected chi connectivity index (χ0v) is 14.4. The predicted octanol–water partition coefficient (Wildman–Crippen LogP) is 2.56. The van der Waals surface area contributed by atoms with Gasteiger partial charge in [-0.3, -0.25) is 9.80 Å². The molecule has 1 aliphatic heterocycles. The maximum Gasteiger partial charge on any atom is 0.0139 e. The van der Waals surface area contributed by atoms with Gasteiger partial charge in [-0.15, -0.1) is 0 Å². The Labute approximate surface area is 131 Å². The van der Waals surface area contributed by atoms with Gasteiger partial charge >= 0.3 is 0 Å². The summed E-state index contributed by atoms with van der Waals surface area (Å²) in [4.78, 5) is 5.51. The van der Waals surface area contributed by atoms with Crippen molar-refractivity contribution in [2.75, 3.05) is 32.7 Å². The Morgan fingerprint density at radius 3 is 2.05 bits per heavy atom. The highest BCUT2D eigenvalue weighted by molar-refractivity contribution is 4.94. The van der Waals surface area contributed by atoms with E-state index >= 15 is 0 Å². The smallest absolute Gasteiger partial charge is 0.0139 e. The lowest BCUT2D eigenvalue weighted by Gasteiger charge is -2.48. The van der Waals surface area contributed by atoms with Crippen molar-refractivity contribution in [2.24, 2.45) is 23.0 Å². The van der Waals surface area contributed by atoms with Crippen molar-refractivity contribution in [3.8, 4) is 0 Å². The van der Waals surface area contributed by atoms with Gasteiger partial charge in [0.25, 0.3) is 0 Å². The largest absolute Gasteiger partial charge is 0.330 e. The fourth-order valence-corrected chi connectivity index (χ4v) is 4.59. The third-order valence-corrected chi connectivity index (χ3v) is 6.36. The van der Waals surface area contributed by atoms with E-state index in [1.54, 1.807) is 0 Å². The van der Waals surface area contributed by atoms with Crippen LogP contribution >= 0.6 is 0 Å². The lowest BCUT2D eigenvalue weighted by molar-refractivity contribution is 0.0143. The molecular formula is C18H35N3. The minimum atomic E-state index is 0.452. The van der Waals surface area contributed by atoms with E-state index in [4.69, 9.17) is 5.73 Å². The summed E-state index contributed by atoms with van der Waals surface area (Å²) in [6.45, 7) is 13.3. The fourth-order valence-electron chi connectivity index (χ4n) is 4.59. The highest BCUT2D eigenvalue weighted by Crippen LogP contribution is 2.41. The number of nitrogens with zero attached hydrogens (tertiary/aromatic N) is 2. The van der Waals surface area contributed by atoms with Gasteiger partial charge in [0, 0.05) is 38.3 Å². The van der Waals surface area contributed by atoms with E-state index in [2.05, 4.69) is 30.6 Å². The first kappa shape index (κ1) is 15.8. The Kier molecular flexibility index (Phi) is 4.63. The molecule has 2 aliphatic carbocycles. The number of rotatable bonds is 3. The number of nitrogens with two attached hydrogens (primary N) is 1. The molecule has 0 radical (unpaired) electrons. The maximum absolute atomic E-state index is 6.10. The van der Waals surface area contributed by atoms with Crippen LogP contribution in [-0.4, -0.2) is 54.6 Å². The minimum absolute atomic E-state index is 0.452. The molecule has 3 rings (SSSR count). The third kappa shape index (κ3) is 3.62. The van der Waals surface area contributed by atoms with Gasteiger partial charge in [-0.25, -0.2) is 0 Å². The Hall–Kier alpha value is -0.120. The van der Waals surface area contributed by atoms with E-state index < -0.39 is 0 Å². The molecule has 0 aromatic carbocycles. The molecule has 1 saturated heterocycles. The summed E-state index contributed by atoms with van der Waals surface area (Å²) < 4.78 is 0. The van der Waals surface area contributed by atoms with Crippen LogP contribution < -0.4 is 5.73 Å². The molecule has 21 heavy (non-hydrogen) atoms. The van der Waals surface area contributed by atoms with Crippen molar-refractivity contribution < 1.29 is 0 Å². The van der Waals surface area contributed by atoms with Crippen molar-refractivity contribution in [2.45, 2.75) is 65.0 Å². The molecule has 1 heterocycles. The first-order valence-electron chi connectivity index (χ1n) is 9.17. The molecule has 2 saturated carbocycles. The molecule has 0 bridgehead atoms. The van der Waals surface area contributed by atoms with Crippen molar-refractivity contribution in [3.05, 3.63) is 0 Å². The van der Waals surface area contributed by atoms with Crippen molar-refractivity contribution in [1.82, 2.24) is 9.80 Å². The zero-order valence-electron chi connectivity index (χ0n) is 14.4. The number of piperazine rings is 1. The molecule has 3 aliphatic rings. The minimum Gasteiger partial charge on any atom is -0.330 e. The average molecular weight is 293 g/mol. The van der Waals surface area contributed by atoms with Crippen LogP contribution in [0.25, 0.3) is 0 Å². The lowest BCUT2D eigenvalue weighted by Crippen LogP contribution is -2.55. The summed E-state index contributed by atoms with van der Waals surface area (Å²) >= 11 is 0. The maximum atomic E-state index is 6.10. The molecule has 0 aromatic heterocycles. The van der Waals surface area contributed by atoms with Crippen molar-refractivity contribution >= 4 is 0 Å². The first-order chi connectivity index (χ1) is 9.99. The van der Waals surface area contributed by atoms with Crippen molar-refractivity contribution in [1.29, 1.82) is 0 Å². The summed E-state index contributed by atoms with van der Waals surface area (Å²) in [5, 5.41) is 0. The monoisotopic (exact) mass is 293 g/mol. The van der Waals surface area contributed by atoms with Gasteiger partial charge in [0.2, 0.25) is 0 Å². The van der Waals surface area contributed by atoms with E-state index in [1.165, 1.54) is 58.3 Å². The Balaban J connectivity index is 1.60. The van der Waals surface area contributed by atoms with Gasteiger partial charge in [-0.2, -0.15) is 0 Å². The average Bonchev–Trinajstić information content (AvgIpc) is 3.30. The second-order valence-corrected chi connectivity index (χ2v) is 8.74. The Morgan fingerprint density at radius 1 is 0.905 bits per heavy atom. The van der Waals surface area contributed by atoms with Crippen LogP contribution in [0.1, 0.15) is 52.9 Å². The van der Waals surface area contributed by atoms with Crippen LogP contribution in [0.2, 0.25) is 0 Å². The first-order valence-corrected chi connectivity index (χ1v) is 9.17. The molecule has 3 unspecified atom stereocenters. The van der Waals surface area contributed by atoms with Gasteiger partial charge in [-0.1, -0.05) is 20.8 Å². The molecule has 0 amide bonds. The molecule has 122 valence electrons. The van der Waals surface area contributed by atoms with Crippen LogP contribution in [0.3, 0.4) is 0 Å². The second-order valence-electron chi connectivity index (χ2n) is 8.74. The van der Waals surface area contributed by atoms with Crippen LogP contribution in [0.4, 0.5) is 0 Å². The SMILES string of the molecule is CC(C)(C)C1CCC(CN)C(N2CCN(C3CC3)CC2)C1. The third-order valence-electron chi connectivity index (χ3n) is 6.36. The predicted molar refractivity (Wildman–Crippen MR) is 89.3 cm³/mol. The molecule has 3 fully saturated rings. The summed E-state index contributed by atoms with van der Waals surface area (Å²) in [6, 6.07) is 1.68. The fraction of sp³-hybridized carbons (Fsp3) is 1.00. The molecular weight excluding hydrogens is 258 g/mol. The van der Waals surface area contributed by atoms with Crippen LogP contribution in [0.15, 0.2) is 0 Å². The lowest BCUT2D eigenvalue weighted by atomic mass is 9.67. The summed E-state index contributed by atoms with van der Waals surface area (Å²) in [5.74, 6) is 1.60. The molecule has 0 aromatic rings. The van der Waals surface area contributed by atoms with Gasteiger partial charge in [-0.05, 0) is 55.9 Å². The second kappa shape index (κ2) is 6.17. The van der Waals surface area contributed by atoms with Gasteiger partial charge in [0.05, 0.1) is 0 Å². The Morgan fingerprint density at radius 2 is 1.52 bits per heavy atom. The van der Waals surface area contributed by atoms with E-state index in [9.17, 15) is 0 Å². The summed E-state index contributed by atoms with van der Waals surface area (Å²) in [7, 11) is 0. The van der Waals surface area contributed by atoms with Gasteiger partial charge in [0.15, 0.2) is 0 Å². The molecule has 0 spiro atoms. The van der Waals surface area contributed by atoms with E-state index in [0.29, 0.717) is 5.41 Å². The van der Waals surface area contributed by atoms with E-state index in [1.807, 2.05) is 0 Å². The van der Waals surface area contributed by atoms with E-state index in [0.717, 1.165) is 30.5 Å². The zero-order chi connectivity index (χ0) is 15.0. The quantitative estimate of drug-likeness (QED) is 0.868. The van der Waals surface area contributed by atoms with Crippen LogP contribution in [-0.2, 0) is 0 Å². The van der Waals surface area contributed by atoms with Crippen molar-refractivity contribution in [3.63, 3.8) is 0 Å². The van der Waals surface area contributed by atoms with Crippen LogP contribution in [0, 0.1) is 17.3 Å². The van der Waals surface area contributed by atoms with Gasteiger partial charge < -0.3 is 5.73 Å². The molecule has 3 heteroatoms. The summed E-state index contributed by atoms with van der Waals surface area (Å²) in [5.41, 5.74) is 6.56. The number of hydrogen-bond donors (Lipinski definition) is 1. The Bertz CT molecular complexity index is 337. The number of hydrogen-bond acceptors (Lipinski definition) is 3. The molecule has 3 atom stereocenters. The normalized spacial score (nSPS) is 36.9. The van der Waals surface area contributed by atoms with Crippen LogP contribution in [0.5, 0.6) is 0 Å². The van der Waals surface area contributed by atoms with E-state index in [-0.39, 0.29) is 0 Å². The summed E-state index contributed by atoms with van der Waals surface area (Å²) in [6.07, 6.45) is 6.98.